The van der Waals surface area contributed by atoms with E-state index >= 15 is 0 Å². The molecule has 11 rings (SSSR count). The number of fused-ring (bicyclic) bond motifs is 8. The second kappa shape index (κ2) is 11.9. The molecule has 0 saturated heterocycles. The normalized spacial score (nSPS) is 14.4. The molecule has 0 amide bonds. The summed E-state index contributed by atoms with van der Waals surface area (Å²) in [5.74, 6) is 0. The predicted octanol–water partition coefficient (Wildman–Crippen LogP) is 14.5. The Kier molecular flexibility index (Phi) is 6.98. The Bertz CT molecular complexity index is 2900. The van der Waals surface area contributed by atoms with Gasteiger partial charge in [-0.1, -0.05) is 155 Å². The van der Waals surface area contributed by atoms with E-state index in [0.717, 1.165) is 17.1 Å². The summed E-state index contributed by atoms with van der Waals surface area (Å²) < 4.78 is 2.55. The molecule has 56 heavy (non-hydrogen) atoms. The van der Waals surface area contributed by atoms with Crippen LogP contribution in [0.15, 0.2) is 182 Å². The minimum Gasteiger partial charge on any atom is -0.310 e. The van der Waals surface area contributed by atoms with Crippen LogP contribution in [0.2, 0.25) is 0 Å². The summed E-state index contributed by atoms with van der Waals surface area (Å²) in [7, 11) is 0. The van der Waals surface area contributed by atoms with Crippen molar-refractivity contribution in [3.05, 3.63) is 204 Å². The molecule has 268 valence electrons. The number of anilines is 3. The molecular formula is C54H42N2. The lowest BCUT2D eigenvalue weighted by molar-refractivity contribution is 0.625. The molecule has 1 aliphatic carbocycles. The predicted molar refractivity (Wildman–Crippen MR) is 236 cm³/mol. The summed E-state index contributed by atoms with van der Waals surface area (Å²) >= 11 is 0. The first-order chi connectivity index (χ1) is 27.3. The molecule has 1 aromatic heterocycles. The summed E-state index contributed by atoms with van der Waals surface area (Å²) in [6.07, 6.45) is 0. The van der Waals surface area contributed by atoms with Crippen molar-refractivity contribution in [2.75, 3.05) is 4.90 Å². The second-order valence-corrected chi connectivity index (χ2v) is 16.6. The standard InChI is InChI=1S/C54H42N2/c1-53(2)46-20-13-19-44-43-18-11-12-21-50(43)56(52(44)46)51-34-48-45(33-49(51)53)42-31-30-41(32-47(42)54(48,3)4)55(39-26-22-37(23-27-39)35-14-7-5-8-15-35)40-28-24-38(25-29-40)36-16-9-6-10-17-36/h5-34H,1-4H3. The Balaban J connectivity index is 1.06. The Labute approximate surface area is 328 Å². The van der Waals surface area contributed by atoms with E-state index in [2.05, 4.69) is 219 Å². The van der Waals surface area contributed by atoms with Crippen molar-refractivity contribution >= 4 is 38.9 Å². The van der Waals surface area contributed by atoms with E-state index in [4.69, 9.17) is 0 Å². The van der Waals surface area contributed by atoms with E-state index < -0.39 is 0 Å². The molecule has 8 aromatic carbocycles. The lowest BCUT2D eigenvalue weighted by atomic mass is 9.73. The summed E-state index contributed by atoms with van der Waals surface area (Å²) in [5, 5.41) is 2.65. The van der Waals surface area contributed by atoms with Gasteiger partial charge in [0.25, 0.3) is 0 Å². The second-order valence-electron chi connectivity index (χ2n) is 16.6. The van der Waals surface area contributed by atoms with Gasteiger partial charge in [-0.2, -0.15) is 0 Å². The van der Waals surface area contributed by atoms with Crippen LogP contribution in [0.25, 0.3) is 60.9 Å². The molecule has 2 nitrogen and oxygen atoms in total. The van der Waals surface area contributed by atoms with Gasteiger partial charge in [0, 0.05) is 38.7 Å². The Morgan fingerprint density at radius 3 is 1.54 bits per heavy atom. The number of benzene rings is 8. The van der Waals surface area contributed by atoms with Gasteiger partial charge in [-0.15, -0.1) is 0 Å². The highest BCUT2D eigenvalue weighted by atomic mass is 15.1. The number of aromatic nitrogens is 1. The molecule has 0 radical (unpaired) electrons. The third kappa shape index (κ3) is 4.69. The zero-order valence-electron chi connectivity index (χ0n) is 32.2. The number of hydrogen-bond acceptors (Lipinski definition) is 1. The van der Waals surface area contributed by atoms with Gasteiger partial charge in [0.2, 0.25) is 0 Å². The maximum absolute atomic E-state index is 2.55. The molecule has 2 aliphatic rings. The van der Waals surface area contributed by atoms with E-state index in [1.807, 2.05) is 0 Å². The number of rotatable bonds is 5. The van der Waals surface area contributed by atoms with Crippen molar-refractivity contribution in [1.29, 1.82) is 0 Å². The Morgan fingerprint density at radius 2 is 0.893 bits per heavy atom. The van der Waals surface area contributed by atoms with Crippen molar-refractivity contribution < 1.29 is 0 Å². The molecule has 2 heterocycles. The van der Waals surface area contributed by atoms with Gasteiger partial charge >= 0.3 is 0 Å². The first-order valence-electron chi connectivity index (χ1n) is 19.8. The van der Waals surface area contributed by atoms with Crippen molar-refractivity contribution in [1.82, 2.24) is 4.57 Å². The number of hydrogen-bond donors (Lipinski definition) is 0. The van der Waals surface area contributed by atoms with Gasteiger partial charge in [0.1, 0.15) is 0 Å². The minimum absolute atomic E-state index is 0.157. The molecule has 2 heteroatoms. The monoisotopic (exact) mass is 718 g/mol. The lowest BCUT2D eigenvalue weighted by Crippen LogP contribution is -2.27. The van der Waals surface area contributed by atoms with E-state index in [9.17, 15) is 0 Å². The Hall–Kier alpha value is -6.64. The average Bonchev–Trinajstić information content (AvgIpc) is 3.69. The molecule has 9 aromatic rings. The van der Waals surface area contributed by atoms with Gasteiger partial charge in [-0.25, -0.2) is 0 Å². The number of nitrogens with zero attached hydrogens (tertiary/aromatic N) is 2. The topological polar surface area (TPSA) is 8.17 Å². The molecular weight excluding hydrogens is 677 g/mol. The summed E-state index contributed by atoms with van der Waals surface area (Å²) in [5.41, 5.74) is 20.0. The minimum atomic E-state index is -0.209. The Morgan fingerprint density at radius 1 is 0.375 bits per heavy atom. The van der Waals surface area contributed by atoms with E-state index in [1.165, 1.54) is 83.1 Å². The van der Waals surface area contributed by atoms with Crippen LogP contribution in [0, 0.1) is 0 Å². The SMILES string of the molecule is CC1(C)c2cc(N(c3ccc(-c4ccccc4)cc3)c3ccc(-c4ccccc4)cc3)ccc2-c2cc3c(cc21)-n1c2ccccc2c2cccc(c21)C3(C)C. The summed E-state index contributed by atoms with van der Waals surface area (Å²) in [6, 6.07) is 67.3. The first-order valence-corrected chi connectivity index (χ1v) is 19.8. The highest BCUT2D eigenvalue weighted by molar-refractivity contribution is 6.11. The maximum Gasteiger partial charge on any atom is 0.0582 e. The van der Waals surface area contributed by atoms with Gasteiger partial charge in [0.05, 0.1) is 16.7 Å². The van der Waals surface area contributed by atoms with Gasteiger partial charge < -0.3 is 9.47 Å². The van der Waals surface area contributed by atoms with Crippen LogP contribution in [0.3, 0.4) is 0 Å². The fourth-order valence-corrected chi connectivity index (χ4v) is 9.81. The van der Waals surface area contributed by atoms with Crippen LogP contribution in [0.4, 0.5) is 17.1 Å². The van der Waals surface area contributed by atoms with Crippen LogP contribution in [0.5, 0.6) is 0 Å². The highest BCUT2D eigenvalue weighted by Crippen LogP contribution is 2.55. The van der Waals surface area contributed by atoms with Crippen LogP contribution < -0.4 is 4.90 Å². The molecule has 0 spiro atoms. The summed E-state index contributed by atoms with van der Waals surface area (Å²) in [4.78, 5) is 2.41. The van der Waals surface area contributed by atoms with Crippen molar-refractivity contribution in [3.8, 4) is 39.1 Å². The third-order valence-corrected chi connectivity index (χ3v) is 12.8. The van der Waals surface area contributed by atoms with E-state index in [0.29, 0.717) is 0 Å². The first kappa shape index (κ1) is 32.8. The molecule has 0 N–H and O–H groups in total. The molecule has 1 aliphatic heterocycles. The quantitative estimate of drug-likeness (QED) is 0.172. The maximum atomic E-state index is 2.55. The highest BCUT2D eigenvalue weighted by Gasteiger charge is 2.41. The zero-order valence-corrected chi connectivity index (χ0v) is 32.2. The molecule has 0 bridgehead atoms. The summed E-state index contributed by atoms with van der Waals surface area (Å²) in [6.45, 7) is 9.63. The van der Waals surface area contributed by atoms with Crippen LogP contribution in [0.1, 0.15) is 49.9 Å². The smallest absolute Gasteiger partial charge is 0.0582 e. The average molecular weight is 719 g/mol. The molecule has 0 saturated carbocycles. The zero-order chi connectivity index (χ0) is 37.8. The van der Waals surface area contributed by atoms with Crippen LogP contribution in [-0.4, -0.2) is 4.57 Å². The van der Waals surface area contributed by atoms with Gasteiger partial charge in [-0.3, -0.25) is 0 Å². The van der Waals surface area contributed by atoms with Crippen LogP contribution in [-0.2, 0) is 10.8 Å². The third-order valence-electron chi connectivity index (χ3n) is 12.8. The molecule has 0 atom stereocenters. The molecule has 0 fully saturated rings. The largest absolute Gasteiger partial charge is 0.310 e. The van der Waals surface area contributed by atoms with Crippen LogP contribution >= 0.6 is 0 Å². The van der Waals surface area contributed by atoms with Gasteiger partial charge in [-0.05, 0) is 110 Å². The van der Waals surface area contributed by atoms with Gasteiger partial charge in [0.15, 0.2) is 0 Å². The van der Waals surface area contributed by atoms with E-state index in [-0.39, 0.29) is 10.8 Å². The lowest BCUT2D eigenvalue weighted by Gasteiger charge is -2.36. The van der Waals surface area contributed by atoms with Crippen molar-refractivity contribution in [2.24, 2.45) is 0 Å². The fourth-order valence-electron chi connectivity index (χ4n) is 9.81. The number of para-hydroxylation sites is 2. The van der Waals surface area contributed by atoms with Crippen molar-refractivity contribution in [3.63, 3.8) is 0 Å². The fraction of sp³-hybridized carbons (Fsp3) is 0.111. The van der Waals surface area contributed by atoms with E-state index in [1.54, 1.807) is 0 Å². The van der Waals surface area contributed by atoms with Crippen molar-refractivity contribution in [2.45, 2.75) is 38.5 Å². The molecule has 0 unspecified atom stereocenters.